The van der Waals surface area contributed by atoms with Crippen LogP contribution < -0.4 is 11.1 Å². The SMILES string of the molecule is CCc1nnc(NCC2(C)CC2)c(C(N)=S)c1CC. The van der Waals surface area contributed by atoms with E-state index in [4.69, 9.17) is 18.0 Å². The zero-order valence-electron chi connectivity index (χ0n) is 11.9. The predicted molar refractivity (Wildman–Crippen MR) is 82.5 cm³/mol. The van der Waals surface area contributed by atoms with Gasteiger partial charge in [0.1, 0.15) is 4.99 Å². The maximum absolute atomic E-state index is 5.89. The molecule has 0 amide bonds. The maximum Gasteiger partial charge on any atom is 0.159 e. The van der Waals surface area contributed by atoms with Gasteiger partial charge in [-0.2, -0.15) is 5.10 Å². The Morgan fingerprint density at radius 3 is 2.47 bits per heavy atom. The third kappa shape index (κ3) is 3.03. The molecule has 1 fully saturated rings. The summed E-state index contributed by atoms with van der Waals surface area (Å²) in [4.78, 5) is 0.407. The van der Waals surface area contributed by atoms with Crippen LogP contribution in [0.3, 0.4) is 0 Å². The highest BCUT2D eigenvalue weighted by Gasteiger charge is 2.37. The van der Waals surface area contributed by atoms with Crippen molar-refractivity contribution in [2.24, 2.45) is 11.1 Å². The van der Waals surface area contributed by atoms with Crippen LogP contribution in [0.2, 0.25) is 0 Å². The molecule has 1 heterocycles. The van der Waals surface area contributed by atoms with E-state index in [9.17, 15) is 0 Å². The minimum absolute atomic E-state index is 0.407. The molecular weight excluding hydrogens is 256 g/mol. The van der Waals surface area contributed by atoms with Crippen molar-refractivity contribution >= 4 is 23.0 Å². The van der Waals surface area contributed by atoms with Crippen molar-refractivity contribution in [2.75, 3.05) is 11.9 Å². The van der Waals surface area contributed by atoms with E-state index in [1.807, 2.05) is 0 Å². The van der Waals surface area contributed by atoms with Gasteiger partial charge in [-0.15, -0.1) is 5.10 Å². The number of anilines is 1. The van der Waals surface area contributed by atoms with E-state index in [0.29, 0.717) is 10.4 Å². The molecule has 0 aromatic carbocycles. The molecule has 0 unspecified atom stereocenters. The summed E-state index contributed by atoms with van der Waals surface area (Å²) >= 11 is 5.20. The molecule has 1 aromatic heterocycles. The number of aromatic nitrogens is 2. The second kappa shape index (κ2) is 5.41. The van der Waals surface area contributed by atoms with Crippen molar-refractivity contribution in [3.63, 3.8) is 0 Å². The average molecular weight is 278 g/mol. The second-order valence-corrected chi connectivity index (χ2v) is 6.02. The molecule has 3 N–H and O–H groups in total. The van der Waals surface area contributed by atoms with Gasteiger partial charge < -0.3 is 11.1 Å². The maximum atomic E-state index is 5.89. The zero-order valence-corrected chi connectivity index (χ0v) is 12.7. The first-order valence-corrected chi connectivity index (χ1v) is 7.33. The van der Waals surface area contributed by atoms with Gasteiger partial charge in [-0.1, -0.05) is 33.0 Å². The summed E-state index contributed by atoms with van der Waals surface area (Å²) in [6, 6.07) is 0. The summed E-state index contributed by atoms with van der Waals surface area (Å²) in [7, 11) is 0. The average Bonchev–Trinajstić information content (AvgIpc) is 3.13. The molecular formula is C14H22N4S. The van der Waals surface area contributed by atoms with Crippen LogP contribution in [0.1, 0.15) is 50.4 Å². The molecule has 1 aliphatic rings. The molecule has 1 aromatic rings. The largest absolute Gasteiger partial charge is 0.389 e. The van der Waals surface area contributed by atoms with Gasteiger partial charge in [0.15, 0.2) is 5.82 Å². The van der Waals surface area contributed by atoms with E-state index in [2.05, 4.69) is 36.3 Å². The lowest BCUT2D eigenvalue weighted by atomic mass is 10.0. The first-order chi connectivity index (χ1) is 9.00. The molecule has 19 heavy (non-hydrogen) atoms. The van der Waals surface area contributed by atoms with Gasteiger partial charge in [0.05, 0.1) is 11.3 Å². The number of nitrogens with two attached hydrogens (primary N) is 1. The summed E-state index contributed by atoms with van der Waals surface area (Å²) in [6.45, 7) is 7.36. The number of hydrogen-bond acceptors (Lipinski definition) is 4. The van der Waals surface area contributed by atoms with Crippen LogP contribution in [0.4, 0.5) is 5.82 Å². The van der Waals surface area contributed by atoms with Crippen molar-refractivity contribution in [3.05, 3.63) is 16.8 Å². The van der Waals surface area contributed by atoms with Gasteiger partial charge >= 0.3 is 0 Å². The molecule has 0 bridgehead atoms. The van der Waals surface area contributed by atoms with Gasteiger partial charge in [0.25, 0.3) is 0 Å². The third-order valence-electron chi connectivity index (χ3n) is 3.88. The topological polar surface area (TPSA) is 63.8 Å². The van der Waals surface area contributed by atoms with Gasteiger partial charge in [-0.25, -0.2) is 0 Å². The quantitative estimate of drug-likeness (QED) is 0.783. The Morgan fingerprint density at radius 1 is 1.32 bits per heavy atom. The molecule has 1 aliphatic carbocycles. The normalized spacial score (nSPS) is 16.2. The van der Waals surface area contributed by atoms with Crippen LogP contribution in [0.15, 0.2) is 0 Å². The van der Waals surface area contributed by atoms with E-state index < -0.39 is 0 Å². The molecule has 0 saturated heterocycles. The standard InChI is InChI=1S/C14H22N4S/c1-4-9-10(5-2)17-18-13(11(9)12(15)19)16-8-14(3)6-7-14/h4-8H2,1-3H3,(H2,15,19)(H,16,18). The fourth-order valence-corrected chi connectivity index (χ4v) is 2.47. The molecule has 104 valence electrons. The minimum atomic E-state index is 0.407. The molecule has 1 saturated carbocycles. The van der Waals surface area contributed by atoms with E-state index in [1.54, 1.807) is 0 Å². The summed E-state index contributed by atoms with van der Waals surface area (Å²) in [5.74, 6) is 0.745. The summed E-state index contributed by atoms with van der Waals surface area (Å²) < 4.78 is 0. The molecule has 0 atom stereocenters. The highest BCUT2D eigenvalue weighted by Crippen LogP contribution is 2.44. The van der Waals surface area contributed by atoms with Gasteiger partial charge in [0, 0.05) is 6.54 Å². The lowest BCUT2D eigenvalue weighted by Gasteiger charge is -2.17. The molecule has 0 spiro atoms. The number of thiocarbonyl (C=S) groups is 1. The number of nitrogens with zero attached hydrogens (tertiary/aromatic N) is 2. The van der Waals surface area contributed by atoms with Crippen LogP contribution in [0, 0.1) is 5.41 Å². The highest BCUT2D eigenvalue weighted by molar-refractivity contribution is 7.80. The second-order valence-electron chi connectivity index (χ2n) is 5.58. The minimum Gasteiger partial charge on any atom is -0.389 e. The predicted octanol–water partition coefficient (Wildman–Crippen LogP) is 2.45. The van der Waals surface area contributed by atoms with Crippen LogP contribution >= 0.6 is 12.2 Å². The third-order valence-corrected chi connectivity index (χ3v) is 4.08. The van der Waals surface area contributed by atoms with E-state index in [1.165, 1.54) is 12.8 Å². The Bertz CT molecular complexity index is 494. The number of nitrogens with one attached hydrogen (secondary N) is 1. The van der Waals surface area contributed by atoms with Gasteiger partial charge in [-0.3, -0.25) is 0 Å². The zero-order chi connectivity index (χ0) is 14.0. The first-order valence-electron chi connectivity index (χ1n) is 6.93. The lowest BCUT2D eigenvalue weighted by Crippen LogP contribution is -2.22. The smallest absolute Gasteiger partial charge is 0.159 e. The van der Waals surface area contributed by atoms with Crippen molar-refractivity contribution in [1.82, 2.24) is 10.2 Å². The molecule has 5 heteroatoms. The Kier molecular flexibility index (Phi) is 4.04. The van der Waals surface area contributed by atoms with E-state index >= 15 is 0 Å². The number of aryl methyl sites for hydroxylation is 1. The van der Waals surface area contributed by atoms with Crippen LogP contribution in [0.5, 0.6) is 0 Å². The Labute approximate surface area is 120 Å². The Hall–Kier alpha value is -1.23. The number of hydrogen-bond donors (Lipinski definition) is 2. The Balaban J connectivity index is 2.33. The lowest BCUT2D eigenvalue weighted by molar-refractivity contribution is 0.608. The molecule has 4 nitrogen and oxygen atoms in total. The molecule has 0 aliphatic heterocycles. The summed E-state index contributed by atoms with van der Waals surface area (Å²) in [5.41, 5.74) is 9.31. The monoisotopic (exact) mass is 278 g/mol. The summed E-state index contributed by atoms with van der Waals surface area (Å²) in [6.07, 6.45) is 4.26. The number of rotatable bonds is 6. The van der Waals surface area contributed by atoms with Crippen LogP contribution in [0.25, 0.3) is 0 Å². The Morgan fingerprint density at radius 2 is 2.00 bits per heavy atom. The van der Waals surface area contributed by atoms with E-state index in [-0.39, 0.29) is 0 Å². The van der Waals surface area contributed by atoms with Crippen molar-refractivity contribution < 1.29 is 0 Å². The van der Waals surface area contributed by atoms with Crippen LogP contribution in [-0.2, 0) is 12.8 Å². The van der Waals surface area contributed by atoms with Gasteiger partial charge in [0.2, 0.25) is 0 Å². The molecule has 0 radical (unpaired) electrons. The fourth-order valence-electron chi connectivity index (χ4n) is 2.25. The van der Waals surface area contributed by atoms with E-state index in [0.717, 1.165) is 42.0 Å². The molecule has 2 rings (SSSR count). The highest BCUT2D eigenvalue weighted by atomic mass is 32.1. The van der Waals surface area contributed by atoms with Crippen molar-refractivity contribution in [1.29, 1.82) is 0 Å². The van der Waals surface area contributed by atoms with Crippen molar-refractivity contribution in [3.8, 4) is 0 Å². The van der Waals surface area contributed by atoms with Gasteiger partial charge in [-0.05, 0) is 36.7 Å². The summed E-state index contributed by atoms with van der Waals surface area (Å²) in [5, 5.41) is 12.0. The van der Waals surface area contributed by atoms with Crippen LogP contribution in [-0.4, -0.2) is 21.7 Å². The first kappa shape index (κ1) is 14.2. The van der Waals surface area contributed by atoms with Crippen molar-refractivity contribution in [2.45, 2.75) is 46.5 Å². The fraction of sp³-hybridized carbons (Fsp3) is 0.643.